The van der Waals surface area contributed by atoms with Crippen LogP contribution in [-0.4, -0.2) is 10.8 Å². The van der Waals surface area contributed by atoms with E-state index in [0.29, 0.717) is 17.9 Å². The minimum atomic E-state index is -0.681. The van der Waals surface area contributed by atoms with Crippen LogP contribution >= 0.6 is 15.9 Å². The highest BCUT2D eigenvalue weighted by atomic mass is 79.9. The van der Waals surface area contributed by atoms with Crippen molar-refractivity contribution in [3.63, 3.8) is 0 Å². The Labute approximate surface area is 209 Å². The van der Waals surface area contributed by atoms with Crippen molar-refractivity contribution in [1.29, 1.82) is 5.26 Å². The number of nitriles is 1. The lowest BCUT2D eigenvalue weighted by molar-refractivity contribution is -0.384. The minimum Gasteiger partial charge on any atom is -0.488 e. The topological polar surface area (TPSA) is 105 Å². The lowest BCUT2D eigenvalue weighted by atomic mass is 10.0. The second-order valence-electron chi connectivity index (χ2n) is 7.55. The molecule has 4 aromatic carbocycles. The minimum absolute atomic E-state index is 0.164. The number of rotatable bonds is 7. The van der Waals surface area contributed by atoms with Crippen molar-refractivity contribution in [3.05, 3.63) is 116 Å². The van der Waals surface area contributed by atoms with E-state index in [2.05, 4.69) is 21.2 Å². The van der Waals surface area contributed by atoms with Crippen LogP contribution in [0, 0.1) is 21.4 Å². The number of nitro groups is 1. The summed E-state index contributed by atoms with van der Waals surface area (Å²) in [5.74, 6) is -0.165. The van der Waals surface area contributed by atoms with Crippen LogP contribution in [0.5, 0.6) is 5.75 Å². The van der Waals surface area contributed by atoms with Crippen LogP contribution in [0.25, 0.3) is 16.8 Å². The summed E-state index contributed by atoms with van der Waals surface area (Å²) in [6.07, 6.45) is 1.48. The molecule has 35 heavy (non-hydrogen) atoms. The van der Waals surface area contributed by atoms with E-state index in [0.717, 1.165) is 20.8 Å². The van der Waals surface area contributed by atoms with Gasteiger partial charge in [0.15, 0.2) is 0 Å². The van der Waals surface area contributed by atoms with E-state index in [1.165, 1.54) is 30.3 Å². The smallest absolute Gasteiger partial charge is 0.271 e. The highest BCUT2D eigenvalue weighted by Crippen LogP contribution is 2.31. The highest BCUT2D eigenvalue weighted by Gasteiger charge is 2.15. The normalized spacial score (nSPS) is 11.0. The first-order valence-electron chi connectivity index (χ1n) is 10.5. The number of hydrogen-bond acceptors (Lipinski definition) is 5. The Balaban J connectivity index is 1.68. The molecule has 172 valence electrons. The predicted octanol–water partition coefficient (Wildman–Crippen LogP) is 6.64. The number of halogens is 1. The maximum Gasteiger partial charge on any atom is 0.271 e. The molecule has 1 N–H and O–H groups in total. The molecule has 8 heteroatoms. The van der Waals surface area contributed by atoms with E-state index < -0.39 is 10.8 Å². The van der Waals surface area contributed by atoms with Crippen molar-refractivity contribution in [1.82, 2.24) is 0 Å². The van der Waals surface area contributed by atoms with E-state index in [4.69, 9.17) is 4.74 Å². The zero-order valence-electron chi connectivity index (χ0n) is 18.3. The number of carbonyl (C=O) groups excluding carboxylic acids is 1. The van der Waals surface area contributed by atoms with Crippen molar-refractivity contribution in [2.45, 2.75) is 6.61 Å². The molecule has 7 nitrogen and oxygen atoms in total. The van der Waals surface area contributed by atoms with Gasteiger partial charge in [-0.15, -0.1) is 0 Å². The largest absolute Gasteiger partial charge is 0.488 e. The van der Waals surface area contributed by atoms with Crippen molar-refractivity contribution in [2.24, 2.45) is 0 Å². The van der Waals surface area contributed by atoms with Gasteiger partial charge in [-0.2, -0.15) is 5.26 Å². The first-order valence-corrected chi connectivity index (χ1v) is 11.3. The molecule has 0 unspecified atom stereocenters. The zero-order chi connectivity index (χ0) is 24.8. The molecule has 0 aliphatic carbocycles. The first-order chi connectivity index (χ1) is 16.9. The van der Waals surface area contributed by atoms with Gasteiger partial charge in [-0.05, 0) is 46.7 Å². The number of nitrogens with zero attached hydrogens (tertiary/aromatic N) is 2. The van der Waals surface area contributed by atoms with Gasteiger partial charge in [-0.3, -0.25) is 14.9 Å². The molecular weight excluding hydrogens is 510 g/mol. The van der Waals surface area contributed by atoms with Gasteiger partial charge < -0.3 is 10.1 Å². The summed E-state index contributed by atoms with van der Waals surface area (Å²) in [7, 11) is 0. The fraction of sp³-hybridized carbons (Fsp3) is 0.0370. The van der Waals surface area contributed by atoms with Gasteiger partial charge in [-0.25, -0.2) is 0 Å². The van der Waals surface area contributed by atoms with Crippen LogP contribution in [-0.2, 0) is 11.4 Å². The number of anilines is 1. The fourth-order valence-corrected chi connectivity index (χ4v) is 3.74. The number of nitrogens with one attached hydrogen (secondary N) is 1. The van der Waals surface area contributed by atoms with E-state index in [1.54, 1.807) is 6.07 Å². The average Bonchev–Trinajstić information content (AvgIpc) is 2.87. The molecule has 1 amide bonds. The third-order valence-electron chi connectivity index (χ3n) is 5.21. The molecular formula is C27H18BrN3O4. The predicted molar refractivity (Wildman–Crippen MR) is 138 cm³/mol. The van der Waals surface area contributed by atoms with Crippen LogP contribution in [0.4, 0.5) is 11.4 Å². The molecule has 4 rings (SSSR count). The standard InChI is InChI=1S/C27H18BrN3O4/c28-21-11-8-18(9-12-21)17-35-26-13-10-19-4-1-2-7-24(19)25(26)14-20(16-29)27(32)30-22-5-3-6-23(15-22)31(33)34/h1-15H,17H2,(H,30,32). The second-order valence-corrected chi connectivity index (χ2v) is 8.46. The molecule has 0 spiro atoms. The van der Waals surface area contributed by atoms with Crippen LogP contribution in [0.2, 0.25) is 0 Å². The average molecular weight is 528 g/mol. The number of amides is 1. The Morgan fingerprint density at radius 1 is 1.06 bits per heavy atom. The zero-order valence-corrected chi connectivity index (χ0v) is 19.9. The second kappa shape index (κ2) is 10.6. The van der Waals surface area contributed by atoms with Gasteiger partial charge in [0.2, 0.25) is 0 Å². The summed E-state index contributed by atoms with van der Waals surface area (Å²) in [5, 5.41) is 25.1. The monoisotopic (exact) mass is 527 g/mol. The molecule has 0 aliphatic heterocycles. The van der Waals surface area contributed by atoms with Crippen molar-refractivity contribution in [2.75, 3.05) is 5.32 Å². The van der Waals surface area contributed by atoms with Crippen LogP contribution in [0.3, 0.4) is 0 Å². The van der Waals surface area contributed by atoms with E-state index in [1.807, 2.05) is 60.7 Å². The number of ether oxygens (including phenoxy) is 1. The highest BCUT2D eigenvalue weighted by molar-refractivity contribution is 9.10. The van der Waals surface area contributed by atoms with Gasteiger partial charge in [0.1, 0.15) is 24.0 Å². The summed E-state index contributed by atoms with van der Waals surface area (Å²) in [6, 6.07) is 26.5. The third-order valence-corrected chi connectivity index (χ3v) is 5.74. The van der Waals surface area contributed by atoms with Gasteiger partial charge in [0.05, 0.1) is 4.92 Å². The van der Waals surface area contributed by atoms with Crippen LogP contribution in [0.15, 0.2) is 95.0 Å². The van der Waals surface area contributed by atoms with Crippen molar-refractivity contribution >= 4 is 50.1 Å². The van der Waals surface area contributed by atoms with Crippen LogP contribution in [0.1, 0.15) is 11.1 Å². The molecule has 0 saturated carbocycles. The summed E-state index contributed by atoms with van der Waals surface area (Å²) in [6.45, 7) is 0.300. The number of non-ortho nitro benzene ring substituents is 1. The Morgan fingerprint density at radius 2 is 1.83 bits per heavy atom. The van der Waals surface area contributed by atoms with Crippen molar-refractivity contribution in [3.8, 4) is 11.8 Å². The Hall–Kier alpha value is -4.48. The molecule has 0 bridgehead atoms. The number of nitro benzene ring substituents is 1. The van der Waals surface area contributed by atoms with Crippen molar-refractivity contribution < 1.29 is 14.5 Å². The van der Waals surface area contributed by atoms with E-state index in [-0.39, 0.29) is 16.9 Å². The van der Waals surface area contributed by atoms with Gasteiger partial charge in [0.25, 0.3) is 11.6 Å². The quantitative estimate of drug-likeness (QED) is 0.125. The molecule has 0 saturated heterocycles. The number of benzene rings is 4. The summed E-state index contributed by atoms with van der Waals surface area (Å²) in [4.78, 5) is 23.3. The molecule has 4 aromatic rings. The van der Waals surface area contributed by atoms with Gasteiger partial charge >= 0.3 is 0 Å². The maximum atomic E-state index is 12.9. The summed E-state index contributed by atoms with van der Waals surface area (Å²) in [5.41, 5.74) is 1.44. The molecule has 0 aliphatic rings. The molecule has 0 aromatic heterocycles. The fourth-order valence-electron chi connectivity index (χ4n) is 3.48. The Morgan fingerprint density at radius 3 is 2.57 bits per heavy atom. The van der Waals surface area contributed by atoms with Gasteiger partial charge in [-0.1, -0.05) is 64.5 Å². The number of hydrogen-bond donors (Lipinski definition) is 1. The third kappa shape index (κ3) is 5.72. The lowest BCUT2D eigenvalue weighted by Crippen LogP contribution is -2.13. The first kappa shape index (κ1) is 23.7. The number of carbonyl (C=O) groups is 1. The lowest BCUT2D eigenvalue weighted by Gasteiger charge is -2.13. The summed E-state index contributed by atoms with van der Waals surface area (Å²) < 4.78 is 7.04. The van der Waals surface area contributed by atoms with Gasteiger partial charge in [0, 0.05) is 27.9 Å². The van der Waals surface area contributed by atoms with E-state index >= 15 is 0 Å². The molecule has 0 atom stereocenters. The molecule has 0 radical (unpaired) electrons. The maximum absolute atomic E-state index is 12.9. The SMILES string of the molecule is N#CC(=Cc1c(OCc2ccc(Br)cc2)ccc2ccccc12)C(=O)Nc1cccc([N+](=O)[O-])c1. The molecule has 0 heterocycles. The van der Waals surface area contributed by atoms with Crippen LogP contribution < -0.4 is 10.1 Å². The summed E-state index contributed by atoms with van der Waals surface area (Å²) >= 11 is 3.41. The van der Waals surface area contributed by atoms with E-state index in [9.17, 15) is 20.2 Å². The Kier molecular flexibility index (Phi) is 7.19. The molecule has 0 fully saturated rings. The Bertz CT molecular complexity index is 1490. The number of fused-ring (bicyclic) bond motifs is 1.